The van der Waals surface area contributed by atoms with Gasteiger partial charge >= 0.3 is 6.18 Å². The van der Waals surface area contributed by atoms with E-state index < -0.39 is 17.2 Å². The molecule has 1 unspecified atom stereocenters. The monoisotopic (exact) mass is 396 g/mol. The van der Waals surface area contributed by atoms with Crippen molar-refractivity contribution in [2.45, 2.75) is 24.9 Å². The molecular formula is C25H23F3O. The second-order valence-corrected chi connectivity index (χ2v) is 7.35. The van der Waals surface area contributed by atoms with Crippen LogP contribution < -0.4 is 0 Å². The van der Waals surface area contributed by atoms with Crippen molar-refractivity contribution in [3.8, 4) is 0 Å². The number of allylic oxidation sites excluding steroid dienone is 1. The molecule has 0 aromatic heterocycles. The van der Waals surface area contributed by atoms with Crippen molar-refractivity contribution in [1.29, 1.82) is 0 Å². The Labute approximate surface area is 169 Å². The number of halogens is 3. The molecule has 3 rings (SSSR count). The maximum absolute atomic E-state index is 12.9. The standard InChI is InChI=1S/C25H23F3O/c1-24(18-29,21-12-14-22(15-13-21)25(26,27)28)17-16-23(19-8-4-2-5-9-19)20-10-6-3-7-11-20/h2-16,29H,17-18H2,1H3. The van der Waals surface area contributed by atoms with Crippen LogP contribution >= 0.6 is 0 Å². The van der Waals surface area contributed by atoms with E-state index in [0.717, 1.165) is 28.8 Å². The second-order valence-electron chi connectivity index (χ2n) is 7.35. The fourth-order valence-corrected chi connectivity index (χ4v) is 3.30. The zero-order chi connectivity index (χ0) is 20.9. The van der Waals surface area contributed by atoms with Crippen molar-refractivity contribution in [2.75, 3.05) is 6.61 Å². The van der Waals surface area contributed by atoms with E-state index in [4.69, 9.17) is 0 Å². The summed E-state index contributed by atoms with van der Waals surface area (Å²) in [6.07, 6.45) is -1.84. The molecular weight excluding hydrogens is 373 g/mol. The largest absolute Gasteiger partial charge is 0.416 e. The second kappa shape index (κ2) is 8.66. The molecule has 1 nitrogen and oxygen atoms in total. The molecule has 0 amide bonds. The molecule has 29 heavy (non-hydrogen) atoms. The Hall–Kier alpha value is -2.85. The molecule has 0 fully saturated rings. The van der Waals surface area contributed by atoms with Crippen molar-refractivity contribution in [3.63, 3.8) is 0 Å². The number of rotatable bonds is 6. The Morgan fingerprint density at radius 1 is 0.759 bits per heavy atom. The molecule has 150 valence electrons. The number of aliphatic hydroxyl groups excluding tert-OH is 1. The van der Waals surface area contributed by atoms with E-state index in [2.05, 4.69) is 6.08 Å². The first-order chi connectivity index (χ1) is 13.8. The van der Waals surface area contributed by atoms with Gasteiger partial charge in [-0.25, -0.2) is 0 Å². The fraction of sp³-hybridized carbons (Fsp3) is 0.200. The average molecular weight is 396 g/mol. The van der Waals surface area contributed by atoms with Gasteiger partial charge in [0.1, 0.15) is 0 Å². The lowest BCUT2D eigenvalue weighted by Gasteiger charge is -2.27. The Bertz CT molecular complexity index is 903. The highest BCUT2D eigenvalue weighted by Gasteiger charge is 2.31. The van der Waals surface area contributed by atoms with Gasteiger partial charge in [0.15, 0.2) is 0 Å². The number of alkyl halides is 3. The van der Waals surface area contributed by atoms with Crippen molar-refractivity contribution < 1.29 is 18.3 Å². The molecule has 4 heteroatoms. The van der Waals surface area contributed by atoms with Gasteiger partial charge in [-0.2, -0.15) is 13.2 Å². The topological polar surface area (TPSA) is 20.2 Å². The minimum Gasteiger partial charge on any atom is -0.395 e. The van der Waals surface area contributed by atoms with E-state index in [0.29, 0.717) is 12.0 Å². The van der Waals surface area contributed by atoms with Crippen molar-refractivity contribution >= 4 is 5.57 Å². The SMILES string of the molecule is CC(CO)(CC=C(c1ccccc1)c1ccccc1)c1ccc(C(F)(F)F)cc1. The summed E-state index contributed by atoms with van der Waals surface area (Å²) in [5.41, 5.74) is 2.41. The van der Waals surface area contributed by atoms with Gasteiger partial charge in [-0.05, 0) is 40.8 Å². The number of benzene rings is 3. The highest BCUT2D eigenvalue weighted by Crippen LogP contribution is 2.34. The van der Waals surface area contributed by atoms with Crippen LogP contribution in [0.1, 0.15) is 35.6 Å². The first kappa shape index (κ1) is 20.9. The van der Waals surface area contributed by atoms with Crippen LogP contribution in [0.15, 0.2) is 91.0 Å². The average Bonchev–Trinajstić information content (AvgIpc) is 2.75. The molecule has 0 radical (unpaired) electrons. The van der Waals surface area contributed by atoms with E-state index in [1.165, 1.54) is 12.1 Å². The van der Waals surface area contributed by atoms with Gasteiger partial charge in [-0.15, -0.1) is 0 Å². The Morgan fingerprint density at radius 2 is 1.21 bits per heavy atom. The van der Waals surface area contributed by atoms with E-state index in [9.17, 15) is 18.3 Å². The first-order valence-corrected chi connectivity index (χ1v) is 9.43. The third-order valence-electron chi connectivity index (χ3n) is 5.18. The lowest BCUT2D eigenvalue weighted by atomic mass is 9.79. The number of hydrogen-bond acceptors (Lipinski definition) is 1. The van der Waals surface area contributed by atoms with Crippen molar-refractivity contribution in [3.05, 3.63) is 113 Å². The normalized spacial score (nSPS) is 13.6. The zero-order valence-corrected chi connectivity index (χ0v) is 16.2. The van der Waals surface area contributed by atoms with E-state index >= 15 is 0 Å². The molecule has 0 aliphatic carbocycles. The number of aliphatic hydroxyl groups is 1. The van der Waals surface area contributed by atoms with Gasteiger partial charge in [0, 0.05) is 5.41 Å². The third-order valence-corrected chi connectivity index (χ3v) is 5.18. The number of hydrogen-bond donors (Lipinski definition) is 1. The van der Waals surface area contributed by atoms with Crippen LogP contribution in [0.3, 0.4) is 0 Å². The van der Waals surface area contributed by atoms with Crippen LogP contribution in [0.25, 0.3) is 5.57 Å². The van der Waals surface area contributed by atoms with Crippen LogP contribution in [0.5, 0.6) is 0 Å². The van der Waals surface area contributed by atoms with Crippen LogP contribution in [0.2, 0.25) is 0 Å². The van der Waals surface area contributed by atoms with Crippen molar-refractivity contribution in [2.24, 2.45) is 0 Å². The van der Waals surface area contributed by atoms with E-state index in [1.807, 2.05) is 67.6 Å². The van der Waals surface area contributed by atoms with Gasteiger partial charge in [0.05, 0.1) is 12.2 Å². The highest BCUT2D eigenvalue weighted by molar-refractivity contribution is 5.79. The summed E-state index contributed by atoms with van der Waals surface area (Å²) in [5, 5.41) is 10.1. The van der Waals surface area contributed by atoms with Gasteiger partial charge in [-0.3, -0.25) is 0 Å². The Morgan fingerprint density at radius 3 is 1.62 bits per heavy atom. The van der Waals surface area contributed by atoms with Crippen LogP contribution in [0, 0.1) is 0 Å². The summed E-state index contributed by atoms with van der Waals surface area (Å²) in [4.78, 5) is 0. The third kappa shape index (κ3) is 4.96. The molecule has 0 aliphatic heterocycles. The van der Waals surface area contributed by atoms with Crippen LogP contribution in [0.4, 0.5) is 13.2 Å². The molecule has 1 atom stereocenters. The van der Waals surface area contributed by atoms with E-state index in [1.54, 1.807) is 0 Å². The summed E-state index contributed by atoms with van der Waals surface area (Å²) >= 11 is 0. The predicted molar refractivity (Wildman–Crippen MR) is 110 cm³/mol. The summed E-state index contributed by atoms with van der Waals surface area (Å²) < 4.78 is 38.6. The molecule has 0 saturated carbocycles. The lowest BCUT2D eigenvalue weighted by Crippen LogP contribution is -2.26. The minimum absolute atomic E-state index is 0.175. The zero-order valence-electron chi connectivity index (χ0n) is 16.2. The summed E-state index contributed by atoms with van der Waals surface area (Å²) in [6, 6.07) is 24.9. The fourth-order valence-electron chi connectivity index (χ4n) is 3.30. The smallest absolute Gasteiger partial charge is 0.395 e. The molecule has 0 bridgehead atoms. The molecule has 0 heterocycles. The lowest BCUT2D eigenvalue weighted by molar-refractivity contribution is -0.137. The maximum Gasteiger partial charge on any atom is 0.416 e. The van der Waals surface area contributed by atoms with Gasteiger partial charge in [0.25, 0.3) is 0 Å². The molecule has 3 aromatic carbocycles. The summed E-state index contributed by atoms with van der Waals surface area (Å²) in [5.74, 6) is 0. The van der Waals surface area contributed by atoms with Crippen LogP contribution in [-0.2, 0) is 11.6 Å². The summed E-state index contributed by atoms with van der Waals surface area (Å²) in [6.45, 7) is 1.69. The maximum atomic E-state index is 12.9. The highest BCUT2D eigenvalue weighted by atomic mass is 19.4. The molecule has 0 saturated heterocycles. The van der Waals surface area contributed by atoms with Gasteiger partial charge in [0.2, 0.25) is 0 Å². The van der Waals surface area contributed by atoms with E-state index in [-0.39, 0.29) is 6.61 Å². The summed E-state index contributed by atoms with van der Waals surface area (Å²) in [7, 11) is 0. The molecule has 0 aliphatic rings. The van der Waals surface area contributed by atoms with Gasteiger partial charge < -0.3 is 5.11 Å². The van der Waals surface area contributed by atoms with Crippen LogP contribution in [-0.4, -0.2) is 11.7 Å². The Balaban J connectivity index is 1.96. The Kier molecular flexibility index (Phi) is 6.23. The molecule has 3 aromatic rings. The molecule has 1 N–H and O–H groups in total. The minimum atomic E-state index is -4.37. The quantitative estimate of drug-likeness (QED) is 0.506. The predicted octanol–water partition coefficient (Wildman–Crippen LogP) is 6.48. The first-order valence-electron chi connectivity index (χ1n) is 9.43. The van der Waals surface area contributed by atoms with Gasteiger partial charge in [-0.1, -0.05) is 85.8 Å². The molecule has 0 spiro atoms. The van der Waals surface area contributed by atoms with Crippen molar-refractivity contribution in [1.82, 2.24) is 0 Å².